The summed E-state index contributed by atoms with van der Waals surface area (Å²) >= 11 is 7.36. The molecule has 0 radical (unpaired) electrons. The van der Waals surface area contributed by atoms with Crippen LogP contribution in [0.5, 0.6) is 5.75 Å². The molecule has 7 nitrogen and oxygen atoms in total. The number of rotatable bonds is 6. The Bertz CT molecular complexity index is 811. The van der Waals surface area contributed by atoms with Gasteiger partial charge >= 0.3 is 11.9 Å². The molecule has 0 fully saturated rings. The molecule has 10 heteroatoms. The van der Waals surface area contributed by atoms with Gasteiger partial charge in [0.15, 0.2) is 0 Å². The topological polar surface area (TPSA) is 120 Å². The number of thiophene rings is 1. The van der Waals surface area contributed by atoms with E-state index >= 15 is 0 Å². The second-order valence-corrected chi connectivity index (χ2v) is 6.23. The van der Waals surface area contributed by atoms with Crippen molar-refractivity contribution in [2.75, 3.05) is 13.6 Å². The zero-order chi connectivity index (χ0) is 20.4. The van der Waals surface area contributed by atoms with E-state index in [-0.39, 0.29) is 16.7 Å². The summed E-state index contributed by atoms with van der Waals surface area (Å²) in [5.74, 6) is -3.97. The molecule has 1 aromatic carbocycles. The number of carboxylic acids is 2. The van der Waals surface area contributed by atoms with Crippen LogP contribution >= 0.6 is 22.9 Å². The van der Waals surface area contributed by atoms with Crippen molar-refractivity contribution in [3.05, 3.63) is 50.9 Å². The molecule has 2 rings (SSSR count). The van der Waals surface area contributed by atoms with E-state index in [0.29, 0.717) is 5.75 Å². The lowest BCUT2D eigenvalue weighted by Gasteiger charge is -2.19. The summed E-state index contributed by atoms with van der Waals surface area (Å²) in [7, 11) is 1.86. The number of hydrogen-bond acceptors (Lipinski definition) is 6. The van der Waals surface area contributed by atoms with E-state index in [2.05, 4.69) is 5.32 Å². The second kappa shape index (κ2) is 11.1. The molecule has 3 N–H and O–H groups in total. The van der Waals surface area contributed by atoms with Gasteiger partial charge in [0.05, 0.1) is 10.6 Å². The van der Waals surface area contributed by atoms with E-state index in [1.807, 2.05) is 29.9 Å². The summed E-state index contributed by atoms with van der Waals surface area (Å²) in [6.07, 6.45) is 0.518. The van der Waals surface area contributed by atoms with Crippen LogP contribution < -0.4 is 10.1 Å². The first-order valence-corrected chi connectivity index (χ1v) is 8.80. The largest absolute Gasteiger partial charge is 0.484 e. The zero-order valence-corrected chi connectivity index (χ0v) is 15.7. The molecule has 0 spiro atoms. The van der Waals surface area contributed by atoms with Crippen LogP contribution in [-0.2, 0) is 9.59 Å². The molecule has 0 saturated heterocycles. The van der Waals surface area contributed by atoms with Crippen molar-refractivity contribution in [3.8, 4) is 11.8 Å². The molecule has 0 aliphatic heterocycles. The summed E-state index contributed by atoms with van der Waals surface area (Å²) in [5, 5.41) is 30.9. The van der Waals surface area contributed by atoms with Crippen LogP contribution in [-0.4, -0.2) is 35.7 Å². The van der Waals surface area contributed by atoms with Crippen molar-refractivity contribution in [2.45, 2.75) is 12.5 Å². The highest BCUT2D eigenvalue weighted by molar-refractivity contribution is 7.07. The van der Waals surface area contributed by atoms with Crippen LogP contribution in [0, 0.1) is 17.1 Å². The summed E-state index contributed by atoms with van der Waals surface area (Å²) in [6.45, 7) is 0.761. The molecule has 0 aliphatic rings. The number of nitrogens with zero attached hydrogens (tertiary/aromatic N) is 1. The molecule has 27 heavy (non-hydrogen) atoms. The lowest BCUT2D eigenvalue weighted by Crippen LogP contribution is -2.16. The van der Waals surface area contributed by atoms with Gasteiger partial charge in [-0.25, -0.2) is 14.0 Å². The standard InChI is InChI=1S/C15H14ClFN2OS.C2H2O4/c1-19-4-2-14(10-3-5-21-9-10)20-15-7-12(16)13(17)6-11(15)8-18;3-1(4)2(5)6/h3,5-7,9,14,19H,2,4H2,1H3;(H,3,4)(H,5,6)/t14-;/m1./s1. The van der Waals surface area contributed by atoms with E-state index in [1.165, 1.54) is 6.07 Å². The van der Waals surface area contributed by atoms with Gasteiger partial charge in [-0.15, -0.1) is 0 Å². The number of halogens is 2. The summed E-state index contributed by atoms with van der Waals surface area (Å²) in [6, 6.07) is 6.36. The Morgan fingerprint density at radius 2 is 2.07 bits per heavy atom. The fourth-order valence-electron chi connectivity index (χ4n) is 1.89. The van der Waals surface area contributed by atoms with Crippen LogP contribution in [0.4, 0.5) is 4.39 Å². The highest BCUT2D eigenvalue weighted by atomic mass is 35.5. The Morgan fingerprint density at radius 1 is 1.41 bits per heavy atom. The number of carbonyl (C=O) groups is 2. The number of ether oxygens (including phenoxy) is 1. The highest BCUT2D eigenvalue weighted by Crippen LogP contribution is 2.31. The summed E-state index contributed by atoms with van der Waals surface area (Å²) in [5.41, 5.74) is 1.17. The van der Waals surface area contributed by atoms with Gasteiger partial charge in [-0.3, -0.25) is 0 Å². The SMILES string of the molecule is CNCC[C@@H](Oc1cc(Cl)c(F)cc1C#N)c1ccsc1.O=C(O)C(=O)O. The van der Waals surface area contributed by atoms with Crippen LogP contribution in [0.15, 0.2) is 29.0 Å². The van der Waals surface area contributed by atoms with Crippen LogP contribution in [0.2, 0.25) is 5.02 Å². The van der Waals surface area contributed by atoms with Gasteiger partial charge in [-0.05, 0) is 36.5 Å². The molecule has 1 atom stereocenters. The number of hydrogen-bond donors (Lipinski definition) is 3. The molecule has 144 valence electrons. The van der Waals surface area contributed by atoms with Gasteiger partial charge in [-0.2, -0.15) is 16.6 Å². The van der Waals surface area contributed by atoms with E-state index in [9.17, 15) is 4.39 Å². The van der Waals surface area contributed by atoms with Gasteiger partial charge in [0, 0.05) is 18.1 Å². The minimum atomic E-state index is -1.82. The van der Waals surface area contributed by atoms with Gasteiger partial charge < -0.3 is 20.3 Å². The van der Waals surface area contributed by atoms with Gasteiger partial charge in [-0.1, -0.05) is 11.6 Å². The quantitative estimate of drug-likeness (QED) is 0.620. The van der Waals surface area contributed by atoms with E-state index in [0.717, 1.165) is 24.6 Å². The normalized spacial score (nSPS) is 10.9. The Balaban J connectivity index is 0.000000527. The number of nitrogens with one attached hydrogen (secondary N) is 1. The average molecular weight is 415 g/mol. The van der Waals surface area contributed by atoms with Gasteiger partial charge in [0.2, 0.25) is 0 Å². The molecule has 2 aromatic rings. The highest BCUT2D eigenvalue weighted by Gasteiger charge is 2.17. The van der Waals surface area contributed by atoms with Crippen molar-refractivity contribution in [3.63, 3.8) is 0 Å². The van der Waals surface area contributed by atoms with Gasteiger partial charge in [0.1, 0.15) is 23.7 Å². The van der Waals surface area contributed by atoms with Crippen LogP contribution in [0.1, 0.15) is 23.7 Å². The van der Waals surface area contributed by atoms with E-state index in [4.69, 9.17) is 41.4 Å². The Morgan fingerprint density at radius 3 is 2.56 bits per heavy atom. The third kappa shape index (κ3) is 7.22. The van der Waals surface area contributed by atoms with Crippen molar-refractivity contribution in [1.29, 1.82) is 5.26 Å². The maximum absolute atomic E-state index is 13.4. The number of benzene rings is 1. The third-order valence-electron chi connectivity index (χ3n) is 3.17. The van der Waals surface area contributed by atoms with Gasteiger partial charge in [0.25, 0.3) is 0 Å². The summed E-state index contributed by atoms with van der Waals surface area (Å²) in [4.78, 5) is 18.2. The zero-order valence-electron chi connectivity index (χ0n) is 14.1. The number of aliphatic carboxylic acids is 2. The predicted octanol–water partition coefficient (Wildman–Crippen LogP) is 3.30. The molecular weight excluding hydrogens is 399 g/mol. The minimum Gasteiger partial charge on any atom is -0.484 e. The third-order valence-corrected chi connectivity index (χ3v) is 4.16. The number of nitriles is 1. The first kappa shape index (κ1) is 22.4. The fourth-order valence-corrected chi connectivity index (χ4v) is 2.75. The average Bonchev–Trinajstić information content (AvgIpc) is 3.16. The molecule has 0 saturated carbocycles. The molecule has 1 aromatic heterocycles. The Labute approximate surface area is 163 Å². The maximum atomic E-state index is 13.4. The Kier molecular flexibility index (Phi) is 9.22. The predicted molar refractivity (Wildman–Crippen MR) is 97.6 cm³/mol. The summed E-state index contributed by atoms with van der Waals surface area (Å²) < 4.78 is 19.3. The minimum absolute atomic E-state index is 0.0540. The molecule has 0 bridgehead atoms. The maximum Gasteiger partial charge on any atom is 0.414 e. The molecule has 0 amide bonds. The Hall–Kier alpha value is -2.67. The molecule has 1 heterocycles. The van der Waals surface area contributed by atoms with E-state index in [1.54, 1.807) is 11.3 Å². The fraction of sp³-hybridized carbons (Fsp3) is 0.235. The van der Waals surface area contributed by atoms with Crippen molar-refractivity contribution < 1.29 is 28.9 Å². The van der Waals surface area contributed by atoms with Crippen molar-refractivity contribution in [2.24, 2.45) is 0 Å². The van der Waals surface area contributed by atoms with E-state index < -0.39 is 17.8 Å². The first-order chi connectivity index (χ1) is 12.8. The molecule has 0 aliphatic carbocycles. The number of carboxylic acid groups (broad SMARTS) is 2. The first-order valence-electron chi connectivity index (χ1n) is 7.48. The molecular formula is C17H16ClFN2O5S. The lowest BCUT2D eigenvalue weighted by atomic mass is 10.1. The molecule has 0 unspecified atom stereocenters. The van der Waals surface area contributed by atoms with Crippen LogP contribution in [0.3, 0.4) is 0 Å². The van der Waals surface area contributed by atoms with Crippen molar-refractivity contribution in [1.82, 2.24) is 5.32 Å². The van der Waals surface area contributed by atoms with Crippen molar-refractivity contribution >= 4 is 34.9 Å². The monoisotopic (exact) mass is 414 g/mol. The lowest BCUT2D eigenvalue weighted by molar-refractivity contribution is -0.159. The second-order valence-electron chi connectivity index (χ2n) is 5.04. The smallest absolute Gasteiger partial charge is 0.414 e. The van der Waals surface area contributed by atoms with Crippen LogP contribution in [0.25, 0.3) is 0 Å².